The second-order valence-electron chi connectivity index (χ2n) is 20.8. The van der Waals surface area contributed by atoms with Gasteiger partial charge in [0, 0.05) is 7.13 Å². The zero-order chi connectivity index (χ0) is 42.2. The Kier molecular flexibility index (Phi) is 53.4. The molecule has 4 N–H and O–H groups in total. The summed E-state index contributed by atoms with van der Waals surface area (Å²) in [6.45, 7) is 29.3. The van der Waals surface area contributed by atoms with Crippen LogP contribution < -0.4 is 0 Å². The first-order chi connectivity index (χ1) is 27.0. The molecule has 2 nitrogen and oxygen atoms in total. The molecule has 7 saturated carbocycles. The zero-order valence-corrected chi connectivity index (χ0v) is 43.2. The quantitative estimate of drug-likeness (QED) is 0.218. The summed E-state index contributed by atoms with van der Waals surface area (Å²) in [5, 5.41) is 0. The van der Waals surface area contributed by atoms with Crippen LogP contribution in [0.15, 0.2) is 0 Å². The second kappa shape index (κ2) is 48.0. The maximum Gasteiger partial charge on any atom is 0 e. The molecule has 0 amide bonds. The van der Waals surface area contributed by atoms with E-state index in [1.54, 1.807) is 0 Å². The molecule has 0 bridgehead atoms. The molecule has 0 atom stereocenters. The van der Waals surface area contributed by atoms with Crippen molar-refractivity contribution in [3.8, 4) is 0 Å². The molecule has 7 aliphatic rings. The fourth-order valence-electron chi connectivity index (χ4n) is 9.44. The molecule has 7 aliphatic carbocycles. The van der Waals surface area contributed by atoms with Gasteiger partial charge in [-0.1, -0.05) is 308 Å². The molecule has 0 spiro atoms. The molecule has 0 aromatic rings. The Bertz CT molecular complexity index is 608. The van der Waals surface area contributed by atoms with Crippen LogP contribution in [0, 0.1) is 53.3 Å². The minimum atomic E-state index is 0. The predicted molar refractivity (Wildman–Crippen MR) is 280 cm³/mol. The molecule has 7 rings (SSSR count). The van der Waals surface area contributed by atoms with Crippen LogP contribution in [0.2, 0.25) is 0 Å². The third kappa shape index (κ3) is 45.4. The van der Waals surface area contributed by atoms with Crippen molar-refractivity contribution in [3.63, 3.8) is 0 Å². The van der Waals surface area contributed by atoms with E-state index in [1.165, 1.54) is 218 Å². The fraction of sp³-hybridized carbons (Fsp3) is 1.00. The topological polar surface area (TPSA) is 63.0 Å². The number of rotatable bonds is 0. The summed E-state index contributed by atoms with van der Waals surface area (Å²) in [5.41, 5.74) is 0. The monoisotopic (exact) mass is 835 g/mol. The summed E-state index contributed by atoms with van der Waals surface area (Å²) in [6, 6.07) is 0. The third-order valence-electron chi connectivity index (χ3n) is 14.3. The van der Waals surface area contributed by atoms with Gasteiger partial charge in [0.15, 0.2) is 0 Å². The average molecular weight is 836 g/mol. The van der Waals surface area contributed by atoms with Crippen LogP contribution in [0.3, 0.4) is 0 Å². The van der Waals surface area contributed by atoms with Crippen LogP contribution in [-0.4, -0.2) is 11.0 Å². The van der Waals surface area contributed by atoms with Crippen molar-refractivity contribution in [2.24, 2.45) is 53.3 Å². The van der Waals surface area contributed by atoms with Gasteiger partial charge in [-0.25, -0.2) is 0 Å². The minimum absolute atomic E-state index is 0. The highest BCUT2D eigenvalue weighted by atomic mass is 16.0. The molecule has 0 unspecified atom stereocenters. The Hall–Kier alpha value is -0.0800. The Morgan fingerprint density at radius 2 is 0.259 bits per heavy atom. The summed E-state index contributed by atoms with van der Waals surface area (Å²) >= 11 is 0. The van der Waals surface area contributed by atoms with Gasteiger partial charge in [0.1, 0.15) is 0 Å². The van der Waals surface area contributed by atoms with Gasteiger partial charge in [-0.05, 0) is 53.3 Å². The lowest BCUT2D eigenvalue weighted by Crippen LogP contribution is -2.08. The molecular formula is C56H130O2. The fourth-order valence-corrected chi connectivity index (χ4v) is 9.44. The van der Waals surface area contributed by atoms with Crippen molar-refractivity contribution >= 4 is 0 Å². The summed E-state index contributed by atoms with van der Waals surface area (Å²) < 4.78 is 0. The Labute approximate surface area is 378 Å². The summed E-state index contributed by atoms with van der Waals surface area (Å²) in [5.74, 6) is 9.22. The summed E-state index contributed by atoms with van der Waals surface area (Å²) in [4.78, 5) is 0. The van der Waals surface area contributed by atoms with Crippen LogP contribution in [0.5, 0.6) is 0 Å². The zero-order valence-electron chi connectivity index (χ0n) is 43.2. The maximum absolute atomic E-state index is 2.38. The standard InChI is InChI=1S/4C8H16.2C7H14.C6H12.2C2H6.2H2O.5H2/c3*1-7-3-5-8(2)6-4-7;1-8-6-4-2-3-5-7-8;2*1-7-5-3-2-4-6-7;1-2-4-6-5-3-1;2*1-2;;;;;;;/h3*7-8H,3-6H2,1-2H3;8H,2-7H2,1H3;2*7H,2-6H2,1H3;1-6H2;2*1-2H3;2*1H2;5*1H. The molecule has 2 heteroatoms. The lowest BCUT2D eigenvalue weighted by atomic mass is 9.84. The van der Waals surface area contributed by atoms with Crippen LogP contribution >= 0.6 is 0 Å². The van der Waals surface area contributed by atoms with Gasteiger partial charge >= 0.3 is 0 Å². The van der Waals surface area contributed by atoms with Crippen molar-refractivity contribution < 1.29 is 18.1 Å². The number of hydrogen-bond acceptors (Lipinski definition) is 0. The van der Waals surface area contributed by atoms with Crippen molar-refractivity contribution in [2.75, 3.05) is 0 Å². The molecule has 58 heavy (non-hydrogen) atoms. The van der Waals surface area contributed by atoms with Gasteiger partial charge < -0.3 is 11.0 Å². The third-order valence-corrected chi connectivity index (χ3v) is 14.3. The predicted octanol–water partition coefficient (Wildman–Crippen LogP) is 20.6. The van der Waals surface area contributed by atoms with E-state index in [-0.39, 0.29) is 18.1 Å². The normalized spacial score (nSPS) is 28.7. The molecule has 7 fully saturated rings. The highest BCUT2D eigenvalue weighted by Crippen LogP contribution is 2.29. The maximum atomic E-state index is 2.38. The average Bonchev–Trinajstić information content (AvgIpc) is 3.50. The van der Waals surface area contributed by atoms with Crippen LogP contribution in [0.25, 0.3) is 0 Å². The van der Waals surface area contributed by atoms with Gasteiger partial charge in [0.25, 0.3) is 0 Å². The molecule has 0 saturated heterocycles. The lowest BCUT2D eigenvalue weighted by molar-refractivity contribution is 0.308. The first kappa shape index (κ1) is 64.5. The first-order valence-electron chi connectivity index (χ1n) is 27.0. The van der Waals surface area contributed by atoms with Crippen molar-refractivity contribution in [1.82, 2.24) is 0 Å². The Morgan fingerprint density at radius 3 is 0.397 bits per heavy atom. The first-order valence-corrected chi connectivity index (χ1v) is 27.0. The van der Waals surface area contributed by atoms with Crippen molar-refractivity contribution in [3.05, 3.63) is 0 Å². The van der Waals surface area contributed by atoms with Crippen LogP contribution in [0.1, 0.15) is 315 Å². The van der Waals surface area contributed by atoms with E-state index < -0.39 is 0 Å². The van der Waals surface area contributed by atoms with Crippen molar-refractivity contribution in [1.29, 1.82) is 0 Å². The molecule has 0 heterocycles. The van der Waals surface area contributed by atoms with Crippen LogP contribution in [-0.2, 0) is 0 Å². The summed E-state index contributed by atoms with van der Waals surface area (Å²) in [7, 11) is 0. The highest BCUT2D eigenvalue weighted by Gasteiger charge is 2.15. The van der Waals surface area contributed by atoms with E-state index in [9.17, 15) is 0 Å². The van der Waals surface area contributed by atoms with E-state index in [2.05, 4.69) is 62.3 Å². The highest BCUT2D eigenvalue weighted by molar-refractivity contribution is 4.67. The van der Waals surface area contributed by atoms with Gasteiger partial charge in [0.2, 0.25) is 0 Å². The van der Waals surface area contributed by atoms with E-state index >= 15 is 0 Å². The summed E-state index contributed by atoms with van der Waals surface area (Å²) in [6.07, 6.45) is 50.5. The SMILES string of the molecule is C1CCCCC1.CC.CC.CC1CCC(C)CC1.CC1CCC(C)CC1.CC1CCC(C)CC1.CC1CCCCC1.CC1CCCCC1.CC1CCCCCC1.O.O.[HH].[HH].[HH].[HH].[HH]. The van der Waals surface area contributed by atoms with E-state index in [0.717, 1.165) is 53.3 Å². The second-order valence-corrected chi connectivity index (χ2v) is 20.8. The lowest BCUT2D eigenvalue weighted by Gasteiger charge is -2.22. The van der Waals surface area contributed by atoms with E-state index in [0.29, 0.717) is 0 Å². The molecule has 0 radical (unpaired) electrons. The molecular weight excluding hydrogens is 705 g/mol. The molecule has 366 valence electrons. The molecule has 0 aliphatic heterocycles. The Balaban J connectivity index is -0.0000000748. The minimum Gasteiger partial charge on any atom is -0.412 e. The van der Waals surface area contributed by atoms with E-state index in [1.807, 2.05) is 27.7 Å². The number of hydrogen-bond donors (Lipinski definition) is 0. The van der Waals surface area contributed by atoms with Gasteiger partial charge in [-0.15, -0.1) is 0 Å². The smallest absolute Gasteiger partial charge is 0 e. The Morgan fingerprint density at radius 1 is 0.172 bits per heavy atom. The largest absolute Gasteiger partial charge is 0.412 e. The van der Waals surface area contributed by atoms with Crippen molar-refractivity contribution in [2.45, 2.75) is 308 Å². The van der Waals surface area contributed by atoms with Gasteiger partial charge in [-0.2, -0.15) is 0 Å². The van der Waals surface area contributed by atoms with Crippen LogP contribution in [0.4, 0.5) is 0 Å². The van der Waals surface area contributed by atoms with Gasteiger partial charge in [0.05, 0.1) is 0 Å². The van der Waals surface area contributed by atoms with Gasteiger partial charge in [-0.3, -0.25) is 0 Å². The van der Waals surface area contributed by atoms with E-state index in [4.69, 9.17) is 0 Å². The molecule has 0 aromatic heterocycles. The molecule has 0 aromatic carbocycles.